The van der Waals surface area contributed by atoms with Gasteiger partial charge in [-0.1, -0.05) is 15.9 Å². The van der Waals surface area contributed by atoms with Crippen LogP contribution in [0.5, 0.6) is 0 Å². The molecule has 1 unspecified atom stereocenters. The van der Waals surface area contributed by atoms with Gasteiger partial charge in [0, 0.05) is 15.9 Å². The first-order valence-corrected chi connectivity index (χ1v) is 7.45. The molecule has 0 spiro atoms. The lowest BCUT2D eigenvalue weighted by molar-refractivity contribution is -0.124. The van der Waals surface area contributed by atoms with Crippen LogP contribution in [0.1, 0.15) is 5.56 Å². The summed E-state index contributed by atoms with van der Waals surface area (Å²) >= 11 is 4.88. The van der Waals surface area contributed by atoms with Crippen LogP contribution >= 0.6 is 27.7 Å². The number of anilines is 1. The standard InChI is InChI=1S/C12H13BrN2O2S/c1-7-4-8(2-3-9(7)13)14-12(17)10-5-18-6-11(16)15-10/h2-4,10H,5-6H2,1H3,(H,14,17)(H,15,16). The van der Waals surface area contributed by atoms with E-state index in [-0.39, 0.29) is 11.8 Å². The third-order valence-corrected chi connectivity index (χ3v) is 4.52. The lowest BCUT2D eigenvalue weighted by atomic mass is 10.2. The zero-order valence-electron chi connectivity index (χ0n) is 9.83. The predicted molar refractivity (Wildman–Crippen MR) is 76.8 cm³/mol. The monoisotopic (exact) mass is 328 g/mol. The van der Waals surface area contributed by atoms with Crippen LogP contribution in [0.15, 0.2) is 22.7 Å². The lowest BCUT2D eigenvalue weighted by Crippen LogP contribution is -2.49. The van der Waals surface area contributed by atoms with Crippen molar-refractivity contribution in [3.8, 4) is 0 Å². The molecule has 1 fully saturated rings. The van der Waals surface area contributed by atoms with Crippen LogP contribution < -0.4 is 10.6 Å². The quantitative estimate of drug-likeness (QED) is 0.872. The largest absolute Gasteiger partial charge is 0.343 e. The number of aryl methyl sites for hydroxylation is 1. The summed E-state index contributed by atoms with van der Waals surface area (Å²) in [5.41, 5.74) is 1.79. The van der Waals surface area contributed by atoms with Crippen molar-refractivity contribution in [2.24, 2.45) is 0 Å². The average Bonchev–Trinajstić information content (AvgIpc) is 2.34. The minimum Gasteiger partial charge on any atom is -0.343 e. The number of hydrogen-bond donors (Lipinski definition) is 2. The number of hydrogen-bond acceptors (Lipinski definition) is 3. The number of benzene rings is 1. The van der Waals surface area contributed by atoms with E-state index in [1.165, 1.54) is 11.8 Å². The molecule has 1 saturated heterocycles. The predicted octanol–water partition coefficient (Wildman–Crippen LogP) is 1.93. The third kappa shape index (κ3) is 3.26. The molecule has 1 aliphatic rings. The summed E-state index contributed by atoms with van der Waals surface area (Å²) < 4.78 is 1.00. The van der Waals surface area contributed by atoms with Crippen LogP contribution in [0.2, 0.25) is 0 Å². The Bertz CT molecular complexity index is 493. The van der Waals surface area contributed by atoms with Gasteiger partial charge in [-0.2, -0.15) is 0 Å². The zero-order valence-corrected chi connectivity index (χ0v) is 12.2. The molecule has 0 radical (unpaired) electrons. The van der Waals surface area contributed by atoms with Crippen LogP contribution in [0.3, 0.4) is 0 Å². The molecular weight excluding hydrogens is 316 g/mol. The molecule has 1 atom stereocenters. The van der Waals surface area contributed by atoms with E-state index in [0.717, 1.165) is 15.7 Å². The second-order valence-electron chi connectivity index (χ2n) is 4.09. The van der Waals surface area contributed by atoms with Crippen molar-refractivity contribution in [3.05, 3.63) is 28.2 Å². The molecule has 0 aromatic heterocycles. The fraction of sp³-hybridized carbons (Fsp3) is 0.333. The van der Waals surface area contributed by atoms with Crippen molar-refractivity contribution in [1.82, 2.24) is 5.32 Å². The van der Waals surface area contributed by atoms with Gasteiger partial charge in [0.1, 0.15) is 6.04 Å². The molecule has 6 heteroatoms. The minimum atomic E-state index is -0.444. The lowest BCUT2D eigenvalue weighted by Gasteiger charge is -2.22. The topological polar surface area (TPSA) is 58.2 Å². The maximum Gasteiger partial charge on any atom is 0.247 e. The van der Waals surface area contributed by atoms with E-state index in [1.54, 1.807) is 0 Å². The number of carbonyl (C=O) groups excluding carboxylic acids is 2. The van der Waals surface area contributed by atoms with Crippen molar-refractivity contribution < 1.29 is 9.59 Å². The van der Waals surface area contributed by atoms with E-state index >= 15 is 0 Å². The van der Waals surface area contributed by atoms with Crippen molar-refractivity contribution in [2.45, 2.75) is 13.0 Å². The number of halogens is 1. The van der Waals surface area contributed by atoms with Crippen LogP contribution in [0.25, 0.3) is 0 Å². The molecule has 0 saturated carbocycles. The fourth-order valence-corrected chi connectivity index (χ4v) is 2.74. The molecule has 96 valence electrons. The minimum absolute atomic E-state index is 0.0848. The van der Waals surface area contributed by atoms with Crippen molar-refractivity contribution in [3.63, 3.8) is 0 Å². The first kappa shape index (κ1) is 13.4. The summed E-state index contributed by atoms with van der Waals surface area (Å²) in [5, 5.41) is 5.49. The first-order chi connectivity index (χ1) is 8.56. The smallest absolute Gasteiger partial charge is 0.247 e. The Labute approximate surface area is 118 Å². The number of nitrogens with one attached hydrogen (secondary N) is 2. The molecule has 4 nitrogen and oxygen atoms in total. The molecule has 18 heavy (non-hydrogen) atoms. The van der Waals surface area contributed by atoms with Gasteiger partial charge in [-0.05, 0) is 30.7 Å². The molecular formula is C12H13BrN2O2S. The second kappa shape index (κ2) is 5.75. The molecule has 1 aromatic carbocycles. The van der Waals surface area contributed by atoms with E-state index < -0.39 is 6.04 Å². The van der Waals surface area contributed by atoms with Gasteiger partial charge >= 0.3 is 0 Å². The molecule has 0 aliphatic carbocycles. The van der Waals surface area contributed by atoms with Gasteiger partial charge in [-0.25, -0.2) is 0 Å². The van der Waals surface area contributed by atoms with Crippen molar-refractivity contribution in [2.75, 3.05) is 16.8 Å². The maximum absolute atomic E-state index is 12.0. The van der Waals surface area contributed by atoms with Crippen LogP contribution in [0, 0.1) is 6.92 Å². The van der Waals surface area contributed by atoms with Gasteiger partial charge < -0.3 is 10.6 Å². The summed E-state index contributed by atoms with van der Waals surface area (Å²) in [5.74, 6) is 0.796. The van der Waals surface area contributed by atoms with E-state index in [9.17, 15) is 9.59 Å². The number of amides is 2. The Hall–Kier alpha value is -1.01. The Balaban J connectivity index is 2.02. The summed E-state index contributed by atoms with van der Waals surface area (Å²) in [4.78, 5) is 23.2. The van der Waals surface area contributed by atoms with E-state index in [1.807, 2.05) is 25.1 Å². The fourth-order valence-electron chi connectivity index (χ4n) is 1.64. The van der Waals surface area contributed by atoms with E-state index in [0.29, 0.717) is 11.5 Å². The first-order valence-electron chi connectivity index (χ1n) is 5.50. The summed E-state index contributed by atoms with van der Waals surface area (Å²) in [6.45, 7) is 1.96. The van der Waals surface area contributed by atoms with Gasteiger partial charge in [0.05, 0.1) is 5.75 Å². The Kier molecular flexibility index (Phi) is 4.29. The highest BCUT2D eigenvalue weighted by Gasteiger charge is 2.24. The van der Waals surface area contributed by atoms with Gasteiger partial charge in [0.15, 0.2) is 0 Å². The van der Waals surface area contributed by atoms with Crippen LogP contribution in [-0.4, -0.2) is 29.4 Å². The summed E-state index contributed by atoms with van der Waals surface area (Å²) in [6.07, 6.45) is 0. The van der Waals surface area contributed by atoms with Crippen molar-refractivity contribution >= 4 is 45.2 Å². The maximum atomic E-state index is 12.0. The molecule has 1 heterocycles. The van der Waals surface area contributed by atoms with Crippen molar-refractivity contribution in [1.29, 1.82) is 0 Å². The zero-order chi connectivity index (χ0) is 13.1. The second-order valence-corrected chi connectivity index (χ2v) is 5.97. The highest BCUT2D eigenvalue weighted by atomic mass is 79.9. The molecule has 2 rings (SSSR count). The summed E-state index contributed by atoms with van der Waals surface area (Å²) in [6, 6.07) is 5.16. The molecule has 1 aromatic rings. The molecule has 1 aliphatic heterocycles. The highest BCUT2D eigenvalue weighted by Crippen LogP contribution is 2.20. The molecule has 0 bridgehead atoms. The van der Waals surface area contributed by atoms with Crippen LogP contribution in [0.4, 0.5) is 5.69 Å². The van der Waals surface area contributed by atoms with Crippen LogP contribution in [-0.2, 0) is 9.59 Å². The number of thioether (sulfide) groups is 1. The highest BCUT2D eigenvalue weighted by molar-refractivity contribution is 9.10. The van der Waals surface area contributed by atoms with Gasteiger partial charge in [-0.15, -0.1) is 11.8 Å². The van der Waals surface area contributed by atoms with E-state index in [4.69, 9.17) is 0 Å². The Morgan fingerprint density at radius 1 is 1.56 bits per heavy atom. The van der Waals surface area contributed by atoms with E-state index in [2.05, 4.69) is 26.6 Å². The normalized spacial score (nSPS) is 19.2. The third-order valence-electron chi connectivity index (χ3n) is 2.59. The summed E-state index contributed by atoms with van der Waals surface area (Å²) in [7, 11) is 0. The van der Waals surface area contributed by atoms with Gasteiger partial charge in [-0.3, -0.25) is 9.59 Å². The Morgan fingerprint density at radius 2 is 2.33 bits per heavy atom. The van der Waals surface area contributed by atoms with Gasteiger partial charge in [0.25, 0.3) is 0 Å². The number of rotatable bonds is 2. The molecule has 2 N–H and O–H groups in total. The van der Waals surface area contributed by atoms with Gasteiger partial charge in [0.2, 0.25) is 11.8 Å². The Morgan fingerprint density at radius 3 is 3.00 bits per heavy atom. The number of carbonyl (C=O) groups is 2. The SMILES string of the molecule is Cc1cc(NC(=O)C2CSCC(=O)N2)ccc1Br. The molecule has 2 amide bonds. The average molecular weight is 329 g/mol.